The molecule has 0 spiro atoms. The number of hydrogen-bond acceptors (Lipinski definition) is 4. The van der Waals surface area contributed by atoms with Crippen LogP contribution in [0.4, 0.5) is 0 Å². The highest BCUT2D eigenvalue weighted by molar-refractivity contribution is 5.85. The number of para-hydroxylation sites is 1. The Morgan fingerprint density at radius 1 is 1.04 bits per heavy atom. The van der Waals surface area contributed by atoms with E-state index in [9.17, 15) is 9.59 Å². The molecule has 2 aromatic carbocycles. The summed E-state index contributed by atoms with van der Waals surface area (Å²) < 4.78 is 11.2. The Labute approximate surface area is 166 Å². The van der Waals surface area contributed by atoms with E-state index >= 15 is 0 Å². The van der Waals surface area contributed by atoms with E-state index in [0.717, 1.165) is 17.5 Å². The van der Waals surface area contributed by atoms with Gasteiger partial charge in [0, 0.05) is 0 Å². The van der Waals surface area contributed by atoms with Crippen LogP contribution in [0.25, 0.3) is 0 Å². The molecule has 0 aliphatic carbocycles. The molecule has 2 amide bonds. The molecule has 0 radical (unpaired) electrons. The summed E-state index contributed by atoms with van der Waals surface area (Å²) >= 11 is 0. The van der Waals surface area contributed by atoms with Gasteiger partial charge in [-0.1, -0.05) is 44.2 Å². The normalized spacial score (nSPS) is 12.6. The van der Waals surface area contributed by atoms with Gasteiger partial charge in [0.05, 0.1) is 0 Å². The molecule has 0 saturated heterocycles. The molecule has 0 aliphatic rings. The van der Waals surface area contributed by atoms with Crippen LogP contribution in [0.1, 0.15) is 44.2 Å². The fourth-order valence-electron chi connectivity index (χ4n) is 2.60. The number of benzene rings is 2. The van der Waals surface area contributed by atoms with Crippen LogP contribution in [0.3, 0.4) is 0 Å². The third kappa shape index (κ3) is 6.30. The van der Waals surface area contributed by atoms with Gasteiger partial charge in [-0.15, -0.1) is 0 Å². The van der Waals surface area contributed by atoms with E-state index in [4.69, 9.17) is 9.47 Å². The minimum Gasteiger partial charge on any atom is -0.483 e. The van der Waals surface area contributed by atoms with E-state index in [0.29, 0.717) is 17.4 Å². The Morgan fingerprint density at radius 3 is 2.50 bits per heavy atom. The second-order valence-electron chi connectivity index (χ2n) is 6.75. The largest absolute Gasteiger partial charge is 0.483 e. The Kier molecular flexibility index (Phi) is 7.87. The van der Waals surface area contributed by atoms with E-state index < -0.39 is 17.9 Å². The summed E-state index contributed by atoms with van der Waals surface area (Å²) in [5.74, 6) is 0.706. The van der Waals surface area contributed by atoms with E-state index in [-0.39, 0.29) is 6.61 Å². The molecule has 2 aromatic rings. The molecule has 6 nitrogen and oxygen atoms in total. The van der Waals surface area contributed by atoms with Gasteiger partial charge in [0.2, 0.25) is 0 Å². The minimum absolute atomic E-state index is 0.194. The van der Waals surface area contributed by atoms with E-state index in [2.05, 4.69) is 24.7 Å². The molecule has 28 heavy (non-hydrogen) atoms. The molecule has 0 aliphatic heterocycles. The predicted octanol–water partition coefficient (Wildman–Crippen LogP) is 3.50. The third-order valence-corrected chi connectivity index (χ3v) is 4.42. The first-order valence-electron chi connectivity index (χ1n) is 9.44. The number of ether oxygens (including phenoxy) is 2. The van der Waals surface area contributed by atoms with Crippen LogP contribution < -0.4 is 20.3 Å². The molecule has 2 N–H and O–H groups in total. The maximum Gasteiger partial charge on any atom is 0.279 e. The molecule has 0 heterocycles. The summed E-state index contributed by atoms with van der Waals surface area (Å²) in [6.45, 7) is 7.57. The van der Waals surface area contributed by atoms with Crippen molar-refractivity contribution in [1.29, 1.82) is 0 Å². The summed E-state index contributed by atoms with van der Waals surface area (Å²) in [7, 11) is 0. The fourth-order valence-corrected chi connectivity index (χ4v) is 2.60. The fraction of sp³-hybridized carbons (Fsp3) is 0.364. The van der Waals surface area contributed by atoms with Crippen LogP contribution in [-0.4, -0.2) is 24.5 Å². The number of rotatable bonds is 8. The highest BCUT2D eigenvalue weighted by Crippen LogP contribution is 2.28. The number of amides is 2. The van der Waals surface area contributed by atoms with Gasteiger partial charge in [-0.05, 0) is 55.5 Å². The molecular formula is C22H28N2O4. The number of hydrogen-bond donors (Lipinski definition) is 2. The summed E-state index contributed by atoms with van der Waals surface area (Å²) in [5.41, 5.74) is 6.80. The molecule has 2 atom stereocenters. The molecule has 0 fully saturated rings. The van der Waals surface area contributed by atoms with Crippen molar-refractivity contribution in [3.8, 4) is 11.5 Å². The first-order chi connectivity index (χ1) is 13.4. The maximum absolute atomic E-state index is 12.1. The molecule has 0 bridgehead atoms. The minimum atomic E-state index is -0.755. The van der Waals surface area contributed by atoms with Crippen LogP contribution >= 0.6 is 0 Å². The van der Waals surface area contributed by atoms with Crippen molar-refractivity contribution in [1.82, 2.24) is 10.9 Å². The molecule has 0 saturated carbocycles. The zero-order valence-electron chi connectivity index (χ0n) is 16.8. The monoisotopic (exact) mass is 384 g/mol. The number of aryl methyl sites for hydroxylation is 1. The Balaban J connectivity index is 1.80. The first-order valence-corrected chi connectivity index (χ1v) is 9.44. The third-order valence-electron chi connectivity index (χ3n) is 4.42. The van der Waals surface area contributed by atoms with E-state index in [1.807, 2.05) is 49.4 Å². The Bertz CT molecular complexity index is 807. The average molecular weight is 384 g/mol. The molecule has 2 rings (SSSR count). The Morgan fingerprint density at radius 2 is 1.79 bits per heavy atom. The molecular weight excluding hydrogens is 356 g/mol. The van der Waals surface area contributed by atoms with Crippen LogP contribution in [0.2, 0.25) is 0 Å². The lowest BCUT2D eigenvalue weighted by atomic mass is 9.98. The van der Waals surface area contributed by atoms with E-state index in [1.165, 1.54) is 0 Å². The van der Waals surface area contributed by atoms with Gasteiger partial charge >= 0.3 is 0 Å². The quantitative estimate of drug-likeness (QED) is 0.683. The molecule has 150 valence electrons. The van der Waals surface area contributed by atoms with Crippen molar-refractivity contribution in [2.45, 2.75) is 46.1 Å². The molecule has 0 aromatic heterocycles. The lowest BCUT2D eigenvalue weighted by Gasteiger charge is -2.17. The predicted molar refractivity (Wildman–Crippen MR) is 108 cm³/mol. The molecule has 6 heteroatoms. The highest BCUT2D eigenvalue weighted by Gasteiger charge is 2.16. The van der Waals surface area contributed by atoms with Gasteiger partial charge < -0.3 is 9.47 Å². The van der Waals surface area contributed by atoms with Crippen LogP contribution in [0.5, 0.6) is 11.5 Å². The van der Waals surface area contributed by atoms with E-state index in [1.54, 1.807) is 13.0 Å². The number of hydrazine groups is 1. The van der Waals surface area contributed by atoms with Crippen LogP contribution in [0.15, 0.2) is 48.5 Å². The van der Waals surface area contributed by atoms with Gasteiger partial charge in [0.1, 0.15) is 11.5 Å². The standard InChI is InChI=1S/C22H28N2O4/c1-5-16(3)19-11-6-7-12-20(19)27-14-21(25)23-24-22(26)17(4)28-18-10-8-9-15(2)13-18/h6-13,16-17H,5,14H2,1-4H3,(H,23,25)(H,24,26). The Hall–Kier alpha value is -3.02. The van der Waals surface area contributed by atoms with Gasteiger partial charge in [-0.25, -0.2) is 0 Å². The lowest BCUT2D eigenvalue weighted by Crippen LogP contribution is -2.48. The van der Waals surface area contributed by atoms with Crippen LogP contribution in [0, 0.1) is 6.92 Å². The van der Waals surface area contributed by atoms with Gasteiger partial charge in [0.25, 0.3) is 11.8 Å². The van der Waals surface area contributed by atoms with Crippen molar-refractivity contribution < 1.29 is 19.1 Å². The lowest BCUT2D eigenvalue weighted by molar-refractivity contribution is -0.133. The van der Waals surface area contributed by atoms with Crippen molar-refractivity contribution in [2.75, 3.05) is 6.61 Å². The number of carbonyl (C=O) groups is 2. The van der Waals surface area contributed by atoms with Crippen molar-refractivity contribution in [2.24, 2.45) is 0 Å². The summed E-state index contributed by atoms with van der Waals surface area (Å²) in [6, 6.07) is 15.1. The van der Waals surface area contributed by atoms with Gasteiger partial charge in [0.15, 0.2) is 12.7 Å². The summed E-state index contributed by atoms with van der Waals surface area (Å²) in [5, 5.41) is 0. The van der Waals surface area contributed by atoms with Crippen molar-refractivity contribution in [3.05, 3.63) is 59.7 Å². The molecule has 2 unspecified atom stereocenters. The number of nitrogens with one attached hydrogen (secondary N) is 2. The van der Waals surface area contributed by atoms with Crippen molar-refractivity contribution >= 4 is 11.8 Å². The zero-order chi connectivity index (χ0) is 20.5. The smallest absolute Gasteiger partial charge is 0.279 e. The SMILES string of the molecule is CCC(C)c1ccccc1OCC(=O)NNC(=O)C(C)Oc1cccc(C)c1. The zero-order valence-corrected chi connectivity index (χ0v) is 16.8. The first kappa shape index (κ1) is 21.3. The number of carbonyl (C=O) groups excluding carboxylic acids is 2. The van der Waals surface area contributed by atoms with Gasteiger partial charge in [-0.3, -0.25) is 20.4 Å². The second kappa shape index (κ2) is 10.3. The average Bonchev–Trinajstić information content (AvgIpc) is 2.70. The summed E-state index contributed by atoms with van der Waals surface area (Å²) in [6.07, 6.45) is 0.218. The summed E-state index contributed by atoms with van der Waals surface area (Å²) in [4.78, 5) is 24.1. The van der Waals surface area contributed by atoms with Crippen LogP contribution in [-0.2, 0) is 9.59 Å². The topological polar surface area (TPSA) is 76.7 Å². The second-order valence-corrected chi connectivity index (χ2v) is 6.75. The van der Waals surface area contributed by atoms with Crippen molar-refractivity contribution in [3.63, 3.8) is 0 Å². The maximum atomic E-state index is 12.1. The highest BCUT2D eigenvalue weighted by atomic mass is 16.5. The van der Waals surface area contributed by atoms with Gasteiger partial charge in [-0.2, -0.15) is 0 Å².